The maximum atomic E-state index is 12.3. The summed E-state index contributed by atoms with van der Waals surface area (Å²) in [7, 11) is 0. The van der Waals surface area contributed by atoms with Gasteiger partial charge in [-0.2, -0.15) is 0 Å². The van der Waals surface area contributed by atoms with Gasteiger partial charge in [0.05, 0.1) is 0 Å². The summed E-state index contributed by atoms with van der Waals surface area (Å²) in [6, 6.07) is 7.67. The Morgan fingerprint density at radius 3 is 2.83 bits per heavy atom. The average Bonchev–Trinajstić information content (AvgIpc) is 2.99. The molecule has 5 nitrogen and oxygen atoms in total. The van der Waals surface area contributed by atoms with Crippen molar-refractivity contribution in [1.82, 2.24) is 10.3 Å². The molecule has 0 bridgehead atoms. The predicted molar refractivity (Wildman–Crippen MR) is 90.4 cm³/mol. The van der Waals surface area contributed by atoms with E-state index in [-0.39, 0.29) is 30.6 Å². The number of ketones is 1. The van der Waals surface area contributed by atoms with Gasteiger partial charge in [0, 0.05) is 48.2 Å². The molecule has 1 atom stereocenters. The van der Waals surface area contributed by atoms with Crippen molar-refractivity contribution in [2.45, 2.75) is 32.6 Å². The Labute approximate surface area is 136 Å². The van der Waals surface area contributed by atoms with E-state index in [1.54, 1.807) is 6.20 Å². The number of aliphatic hydroxyl groups is 1. The van der Waals surface area contributed by atoms with Crippen molar-refractivity contribution in [3.8, 4) is 0 Å². The number of H-pyrrole nitrogens is 1. The van der Waals surface area contributed by atoms with E-state index in [2.05, 4.69) is 10.3 Å². The van der Waals surface area contributed by atoms with Gasteiger partial charge < -0.3 is 15.4 Å². The van der Waals surface area contributed by atoms with E-state index in [9.17, 15) is 9.59 Å². The molecule has 23 heavy (non-hydrogen) atoms. The molecule has 0 aliphatic heterocycles. The summed E-state index contributed by atoms with van der Waals surface area (Å²) in [5, 5.41) is 12.6. The Bertz CT molecular complexity index is 663. The van der Waals surface area contributed by atoms with Crippen molar-refractivity contribution in [2.24, 2.45) is 5.92 Å². The molecule has 2 rings (SSSR count). The van der Waals surface area contributed by atoms with E-state index < -0.39 is 0 Å². The molecule has 0 aliphatic rings. The van der Waals surface area contributed by atoms with Crippen LogP contribution in [0.3, 0.4) is 0 Å². The molecule has 0 saturated heterocycles. The normalized spacial score (nSPS) is 12.3. The van der Waals surface area contributed by atoms with Gasteiger partial charge in [0.25, 0.3) is 0 Å². The van der Waals surface area contributed by atoms with E-state index in [4.69, 9.17) is 5.11 Å². The van der Waals surface area contributed by atoms with Crippen LogP contribution in [-0.4, -0.2) is 34.9 Å². The zero-order valence-electron chi connectivity index (χ0n) is 13.5. The van der Waals surface area contributed by atoms with Gasteiger partial charge in [-0.05, 0) is 25.3 Å². The standard InChI is InChI=1S/C18H24N2O3/c1-2-13(6-5-11-21)18(23)19-10-9-17(22)15-12-20-16-8-4-3-7-14(15)16/h3-4,7-8,12-13,20-21H,2,5-6,9-11H2,1H3,(H,19,23). The molecule has 124 valence electrons. The van der Waals surface area contributed by atoms with Crippen LogP contribution >= 0.6 is 0 Å². The Balaban J connectivity index is 1.86. The van der Waals surface area contributed by atoms with Gasteiger partial charge in [-0.15, -0.1) is 0 Å². The number of hydrogen-bond donors (Lipinski definition) is 3. The molecule has 1 aromatic heterocycles. The van der Waals surface area contributed by atoms with Crippen LogP contribution in [0, 0.1) is 5.92 Å². The molecular weight excluding hydrogens is 292 g/mol. The van der Waals surface area contributed by atoms with Crippen LogP contribution in [-0.2, 0) is 4.79 Å². The number of carbonyl (C=O) groups excluding carboxylic acids is 2. The Hall–Kier alpha value is -2.14. The molecule has 1 amide bonds. The van der Waals surface area contributed by atoms with E-state index in [0.717, 1.165) is 17.3 Å². The summed E-state index contributed by atoms with van der Waals surface area (Å²) in [5.74, 6) is -0.107. The Morgan fingerprint density at radius 1 is 1.30 bits per heavy atom. The molecule has 0 fully saturated rings. The summed E-state index contributed by atoms with van der Waals surface area (Å²) >= 11 is 0. The highest BCUT2D eigenvalue weighted by Crippen LogP contribution is 2.19. The van der Waals surface area contributed by atoms with Crippen molar-refractivity contribution in [1.29, 1.82) is 0 Å². The second kappa shape index (κ2) is 8.48. The van der Waals surface area contributed by atoms with Crippen molar-refractivity contribution in [3.05, 3.63) is 36.0 Å². The lowest BCUT2D eigenvalue weighted by Gasteiger charge is -2.14. The second-order valence-corrected chi connectivity index (χ2v) is 5.68. The highest BCUT2D eigenvalue weighted by atomic mass is 16.3. The number of amides is 1. The maximum absolute atomic E-state index is 12.3. The van der Waals surface area contributed by atoms with Gasteiger partial charge in [-0.1, -0.05) is 25.1 Å². The molecule has 1 aromatic carbocycles. The van der Waals surface area contributed by atoms with Gasteiger partial charge in [0.2, 0.25) is 5.91 Å². The largest absolute Gasteiger partial charge is 0.396 e. The molecular formula is C18H24N2O3. The third kappa shape index (κ3) is 4.42. The van der Waals surface area contributed by atoms with E-state index >= 15 is 0 Å². The summed E-state index contributed by atoms with van der Waals surface area (Å²) in [5.41, 5.74) is 1.61. The first-order valence-electron chi connectivity index (χ1n) is 8.15. The van der Waals surface area contributed by atoms with Gasteiger partial charge >= 0.3 is 0 Å². The molecule has 0 spiro atoms. The second-order valence-electron chi connectivity index (χ2n) is 5.68. The fourth-order valence-corrected chi connectivity index (χ4v) is 2.74. The number of carbonyl (C=O) groups is 2. The first-order valence-corrected chi connectivity index (χ1v) is 8.15. The molecule has 2 aromatic rings. The summed E-state index contributed by atoms with van der Waals surface area (Å²) in [6.45, 7) is 2.40. The van der Waals surface area contributed by atoms with Gasteiger partial charge in [-0.3, -0.25) is 9.59 Å². The fourth-order valence-electron chi connectivity index (χ4n) is 2.74. The van der Waals surface area contributed by atoms with Crippen LogP contribution in [0.15, 0.2) is 30.5 Å². The van der Waals surface area contributed by atoms with Crippen LogP contribution in [0.5, 0.6) is 0 Å². The quantitative estimate of drug-likeness (QED) is 0.622. The first kappa shape index (κ1) is 17.2. The lowest BCUT2D eigenvalue weighted by Crippen LogP contribution is -2.32. The highest BCUT2D eigenvalue weighted by Gasteiger charge is 2.16. The molecule has 3 N–H and O–H groups in total. The smallest absolute Gasteiger partial charge is 0.223 e. The van der Waals surface area contributed by atoms with Crippen LogP contribution in [0.25, 0.3) is 10.9 Å². The summed E-state index contributed by atoms with van der Waals surface area (Å²) < 4.78 is 0. The molecule has 5 heteroatoms. The van der Waals surface area contributed by atoms with Crippen molar-refractivity contribution in [3.63, 3.8) is 0 Å². The number of fused-ring (bicyclic) bond motifs is 1. The first-order chi connectivity index (χ1) is 11.2. The topological polar surface area (TPSA) is 82.2 Å². The summed E-state index contributed by atoms with van der Waals surface area (Å²) in [4.78, 5) is 27.4. The van der Waals surface area contributed by atoms with Crippen molar-refractivity contribution in [2.75, 3.05) is 13.2 Å². The number of rotatable bonds is 9. The van der Waals surface area contributed by atoms with Crippen molar-refractivity contribution >= 4 is 22.6 Å². The minimum Gasteiger partial charge on any atom is -0.396 e. The average molecular weight is 316 g/mol. The fraction of sp³-hybridized carbons (Fsp3) is 0.444. The molecule has 0 aliphatic carbocycles. The molecule has 1 heterocycles. The zero-order chi connectivity index (χ0) is 16.7. The lowest BCUT2D eigenvalue weighted by atomic mass is 9.99. The minimum absolute atomic E-state index is 0.0196. The van der Waals surface area contributed by atoms with Crippen LogP contribution in [0.1, 0.15) is 43.0 Å². The zero-order valence-corrected chi connectivity index (χ0v) is 13.5. The number of benzene rings is 1. The predicted octanol–water partition coefficient (Wildman–Crippen LogP) is 2.66. The Morgan fingerprint density at radius 2 is 2.09 bits per heavy atom. The number of aliphatic hydroxyl groups excluding tert-OH is 1. The number of Topliss-reactive ketones (excluding diaryl/α,β-unsaturated/α-hetero) is 1. The third-order valence-corrected chi connectivity index (χ3v) is 4.12. The number of para-hydroxylation sites is 1. The van der Waals surface area contributed by atoms with Crippen LogP contribution in [0.2, 0.25) is 0 Å². The van der Waals surface area contributed by atoms with Gasteiger partial charge in [-0.25, -0.2) is 0 Å². The van der Waals surface area contributed by atoms with Gasteiger partial charge in [0.15, 0.2) is 5.78 Å². The monoisotopic (exact) mass is 316 g/mol. The lowest BCUT2D eigenvalue weighted by molar-refractivity contribution is -0.125. The molecule has 0 radical (unpaired) electrons. The third-order valence-electron chi connectivity index (χ3n) is 4.12. The van der Waals surface area contributed by atoms with Crippen LogP contribution < -0.4 is 5.32 Å². The molecule has 1 unspecified atom stereocenters. The minimum atomic E-state index is -0.0923. The number of aromatic nitrogens is 1. The van der Waals surface area contributed by atoms with Crippen molar-refractivity contribution < 1.29 is 14.7 Å². The number of hydrogen-bond acceptors (Lipinski definition) is 3. The Kier molecular flexibility index (Phi) is 6.35. The summed E-state index contributed by atoms with van der Waals surface area (Å²) in [6.07, 6.45) is 4.05. The number of nitrogens with one attached hydrogen (secondary N) is 2. The van der Waals surface area contributed by atoms with Crippen LogP contribution in [0.4, 0.5) is 0 Å². The number of aromatic amines is 1. The van der Waals surface area contributed by atoms with Gasteiger partial charge in [0.1, 0.15) is 0 Å². The maximum Gasteiger partial charge on any atom is 0.223 e. The molecule has 0 saturated carbocycles. The highest BCUT2D eigenvalue weighted by molar-refractivity contribution is 6.07. The SMILES string of the molecule is CCC(CCCO)C(=O)NCCC(=O)c1c[nH]c2ccccc12. The van der Waals surface area contributed by atoms with E-state index in [1.165, 1.54) is 0 Å². The van der Waals surface area contributed by atoms with E-state index in [0.29, 0.717) is 24.9 Å². The van der Waals surface area contributed by atoms with E-state index in [1.807, 2.05) is 31.2 Å².